The average Bonchev–Trinajstić information content (AvgIpc) is 2.95. The Bertz CT molecular complexity index is 429. The molecule has 0 N–H and O–H groups in total. The summed E-state index contributed by atoms with van der Waals surface area (Å²) in [4.78, 5) is 11.9. The Morgan fingerprint density at radius 2 is 2.24 bits per heavy atom. The Hall–Kier alpha value is -1.17. The number of hydrogen-bond donors (Lipinski definition) is 0. The molecule has 0 bridgehead atoms. The van der Waals surface area contributed by atoms with Gasteiger partial charge in [0.05, 0.1) is 20.3 Å². The first-order chi connectivity index (χ1) is 8.14. The molecular weight excluding hydrogens is 240 g/mol. The van der Waals surface area contributed by atoms with Gasteiger partial charge in [0.1, 0.15) is 0 Å². The maximum absolute atomic E-state index is 11.0. The fourth-order valence-corrected chi connectivity index (χ4v) is 2.46. The van der Waals surface area contributed by atoms with E-state index >= 15 is 0 Å². The van der Waals surface area contributed by atoms with Crippen molar-refractivity contribution in [2.75, 3.05) is 20.3 Å². The van der Waals surface area contributed by atoms with Crippen LogP contribution in [-0.4, -0.2) is 26.3 Å². The highest BCUT2D eigenvalue weighted by Crippen LogP contribution is 2.33. The Morgan fingerprint density at radius 1 is 1.53 bits per heavy atom. The van der Waals surface area contributed by atoms with Crippen LogP contribution < -0.4 is 0 Å². The predicted molar refractivity (Wildman–Crippen MR) is 64.6 cm³/mol. The third kappa shape index (κ3) is 2.74. The summed E-state index contributed by atoms with van der Waals surface area (Å²) in [6.45, 7) is 3.12. The molecule has 92 valence electrons. The van der Waals surface area contributed by atoms with Crippen molar-refractivity contribution in [1.82, 2.24) is 0 Å². The Balaban J connectivity index is 2.10. The van der Waals surface area contributed by atoms with E-state index in [1.165, 1.54) is 24.5 Å². The van der Waals surface area contributed by atoms with E-state index in [0.29, 0.717) is 13.2 Å². The van der Waals surface area contributed by atoms with E-state index in [2.05, 4.69) is 4.74 Å². The van der Waals surface area contributed by atoms with Crippen molar-refractivity contribution >= 4 is 23.4 Å². The molecule has 1 aliphatic rings. The molecule has 1 aliphatic heterocycles. The molecule has 0 spiro atoms. The molecule has 1 saturated heterocycles. The van der Waals surface area contributed by atoms with Crippen LogP contribution in [0.15, 0.2) is 17.5 Å². The molecule has 0 aliphatic carbocycles. The number of esters is 1. The third-order valence-electron chi connectivity index (χ3n) is 2.57. The molecule has 0 atom stereocenters. The maximum Gasteiger partial charge on any atom is 0.330 e. The van der Waals surface area contributed by atoms with Gasteiger partial charge in [-0.2, -0.15) is 0 Å². The highest BCUT2D eigenvalue weighted by atomic mass is 32.1. The molecular formula is C12H14O4S. The second kappa shape index (κ2) is 5.00. The quantitative estimate of drug-likeness (QED) is 0.612. The Morgan fingerprint density at radius 3 is 2.88 bits per heavy atom. The maximum atomic E-state index is 11.0. The van der Waals surface area contributed by atoms with Crippen LogP contribution >= 0.6 is 11.3 Å². The Kier molecular flexibility index (Phi) is 3.61. The van der Waals surface area contributed by atoms with Gasteiger partial charge in [-0.25, -0.2) is 4.79 Å². The van der Waals surface area contributed by atoms with E-state index in [0.717, 1.165) is 10.4 Å². The first-order valence-electron chi connectivity index (χ1n) is 5.27. The van der Waals surface area contributed by atoms with E-state index < -0.39 is 5.79 Å². The first-order valence-corrected chi connectivity index (χ1v) is 6.15. The average molecular weight is 254 g/mol. The second-order valence-corrected chi connectivity index (χ2v) is 4.68. The summed E-state index contributed by atoms with van der Waals surface area (Å²) in [5.41, 5.74) is 0.976. The number of thiophene rings is 1. The molecule has 2 rings (SSSR count). The van der Waals surface area contributed by atoms with Crippen LogP contribution in [0.5, 0.6) is 0 Å². The van der Waals surface area contributed by atoms with E-state index in [1.807, 2.05) is 18.4 Å². The van der Waals surface area contributed by atoms with Gasteiger partial charge in [0.15, 0.2) is 5.79 Å². The Labute approximate surface area is 104 Å². The van der Waals surface area contributed by atoms with Crippen LogP contribution in [-0.2, 0) is 24.8 Å². The lowest BCUT2D eigenvalue weighted by molar-refractivity contribution is -0.149. The topological polar surface area (TPSA) is 44.8 Å². The van der Waals surface area contributed by atoms with E-state index in [4.69, 9.17) is 9.47 Å². The van der Waals surface area contributed by atoms with Crippen molar-refractivity contribution in [3.05, 3.63) is 28.0 Å². The number of carbonyl (C=O) groups is 1. The van der Waals surface area contributed by atoms with Crippen LogP contribution in [0.25, 0.3) is 6.08 Å². The minimum absolute atomic E-state index is 0.362. The van der Waals surface area contributed by atoms with Crippen LogP contribution in [0.4, 0.5) is 0 Å². The summed E-state index contributed by atoms with van der Waals surface area (Å²) in [6, 6.07) is 1.95. The highest BCUT2D eigenvalue weighted by molar-refractivity contribution is 7.11. The van der Waals surface area contributed by atoms with Gasteiger partial charge in [0.25, 0.3) is 0 Å². The summed E-state index contributed by atoms with van der Waals surface area (Å²) in [7, 11) is 1.35. The molecule has 0 amide bonds. The van der Waals surface area contributed by atoms with Crippen molar-refractivity contribution in [2.45, 2.75) is 12.7 Å². The van der Waals surface area contributed by atoms with Gasteiger partial charge in [0.2, 0.25) is 0 Å². The summed E-state index contributed by atoms with van der Waals surface area (Å²) < 4.78 is 15.6. The van der Waals surface area contributed by atoms with Gasteiger partial charge in [0, 0.05) is 16.5 Å². The van der Waals surface area contributed by atoms with Crippen LogP contribution in [0, 0.1) is 0 Å². The summed E-state index contributed by atoms with van der Waals surface area (Å²) >= 11 is 1.53. The number of rotatable bonds is 3. The summed E-state index contributed by atoms with van der Waals surface area (Å²) in [6.07, 6.45) is 3.12. The smallest absolute Gasteiger partial charge is 0.330 e. The van der Waals surface area contributed by atoms with Crippen molar-refractivity contribution in [3.63, 3.8) is 0 Å². The van der Waals surface area contributed by atoms with Crippen molar-refractivity contribution in [1.29, 1.82) is 0 Å². The zero-order valence-electron chi connectivity index (χ0n) is 9.76. The van der Waals surface area contributed by atoms with E-state index in [1.54, 1.807) is 6.08 Å². The van der Waals surface area contributed by atoms with Gasteiger partial charge in [-0.3, -0.25) is 0 Å². The first kappa shape index (κ1) is 12.3. The van der Waals surface area contributed by atoms with E-state index in [9.17, 15) is 4.79 Å². The van der Waals surface area contributed by atoms with Crippen LogP contribution in [0.3, 0.4) is 0 Å². The molecule has 1 aromatic heterocycles. The lowest BCUT2D eigenvalue weighted by Gasteiger charge is -2.20. The monoisotopic (exact) mass is 254 g/mol. The molecule has 0 unspecified atom stereocenters. The zero-order valence-corrected chi connectivity index (χ0v) is 10.6. The molecule has 2 heterocycles. The lowest BCUT2D eigenvalue weighted by Crippen LogP contribution is -2.21. The van der Waals surface area contributed by atoms with Crippen LogP contribution in [0.1, 0.15) is 17.4 Å². The van der Waals surface area contributed by atoms with E-state index in [-0.39, 0.29) is 5.97 Å². The second-order valence-electron chi connectivity index (χ2n) is 3.74. The summed E-state index contributed by atoms with van der Waals surface area (Å²) in [5, 5.41) is 1.97. The summed E-state index contributed by atoms with van der Waals surface area (Å²) in [5.74, 6) is -1.01. The normalized spacial score (nSPS) is 18.7. The number of carbonyl (C=O) groups excluding carboxylic acids is 1. The molecule has 0 saturated carbocycles. The minimum Gasteiger partial charge on any atom is -0.466 e. The van der Waals surface area contributed by atoms with Gasteiger partial charge in [-0.05, 0) is 24.4 Å². The molecule has 0 radical (unpaired) electrons. The predicted octanol–water partition coefficient (Wildman–Crippen LogP) is 2.15. The minimum atomic E-state index is -0.645. The lowest BCUT2D eigenvalue weighted by atomic mass is 10.1. The standard InChI is InChI=1S/C12H14O4S/c1-12(15-5-6-16-12)9-7-10(17-8-9)3-4-11(13)14-2/h3-4,7-8H,5-6H2,1-2H3. The highest BCUT2D eigenvalue weighted by Gasteiger charge is 2.33. The molecule has 17 heavy (non-hydrogen) atoms. The van der Waals surface area contributed by atoms with Crippen molar-refractivity contribution < 1.29 is 19.0 Å². The molecule has 4 nitrogen and oxygen atoms in total. The molecule has 1 fully saturated rings. The molecule has 0 aromatic carbocycles. The van der Waals surface area contributed by atoms with Gasteiger partial charge >= 0.3 is 5.97 Å². The van der Waals surface area contributed by atoms with Crippen molar-refractivity contribution in [2.24, 2.45) is 0 Å². The van der Waals surface area contributed by atoms with Crippen LogP contribution in [0.2, 0.25) is 0 Å². The van der Waals surface area contributed by atoms with Crippen molar-refractivity contribution in [3.8, 4) is 0 Å². The fraction of sp³-hybridized carbons (Fsp3) is 0.417. The third-order valence-corrected chi connectivity index (χ3v) is 3.47. The largest absolute Gasteiger partial charge is 0.466 e. The number of methoxy groups -OCH3 is 1. The SMILES string of the molecule is COC(=O)C=Cc1cc(C2(C)OCCO2)cs1. The van der Waals surface area contributed by atoms with Gasteiger partial charge in [-0.1, -0.05) is 0 Å². The number of ether oxygens (including phenoxy) is 3. The van der Waals surface area contributed by atoms with Gasteiger partial charge < -0.3 is 14.2 Å². The van der Waals surface area contributed by atoms with Gasteiger partial charge in [-0.15, -0.1) is 11.3 Å². The zero-order chi connectivity index (χ0) is 12.3. The molecule has 5 heteroatoms. The molecule has 1 aromatic rings. The fourth-order valence-electron chi connectivity index (χ4n) is 1.58. The number of hydrogen-bond acceptors (Lipinski definition) is 5.